The molecule has 0 saturated carbocycles. The minimum Gasteiger partial charge on any atom is -0.374 e. The maximum Gasteiger partial charge on any atom is 0.211 e. The molecule has 0 aliphatic heterocycles. The van der Waals surface area contributed by atoms with Crippen molar-refractivity contribution in [1.29, 1.82) is 0 Å². The van der Waals surface area contributed by atoms with E-state index in [1.165, 1.54) is 11.4 Å². The van der Waals surface area contributed by atoms with Crippen LogP contribution in [0.5, 0.6) is 0 Å². The minimum absolute atomic E-state index is 0.0119. The van der Waals surface area contributed by atoms with E-state index < -0.39 is 26.0 Å². The quantitative estimate of drug-likeness (QED) is 0.635. The molecule has 0 N–H and O–H groups in total. The van der Waals surface area contributed by atoms with Crippen LogP contribution < -0.4 is 0 Å². The zero-order chi connectivity index (χ0) is 14.6. The summed E-state index contributed by atoms with van der Waals surface area (Å²) in [6.07, 6.45) is 2.05. The maximum atomic E-state index is 11.3. The third-order valence-corrected chi connectivity index (χ3v) is 4.56. The molecule has 0 saturated heterocycles. The summed E-state index contributed by atoms with van der Waals surface area (Å²) in [5.41, 5.74) is 0. The summed E-state index contributed by atoms with van der Waals surface area (Å²) in [6, 6.07) is 0. The fourth-order valence-electron chi connectivity index (χ4n) is 1.35. The molecule has 0 amide bonds. The first kappa shape index (κ1) is 17.8. The molecule has 110 valence electrons. The number of rotatable bonds is 8. The highest BCUT2D eigenvalue weighted by Crippen LogP contribution is 2.08. The molecule has 0 bridgehead atoms. The molecule has 0 aliphatic rings. The number of likely N-dealkylation sites (N-methyl/N-ethyl adjacent to an activating group) is 1. The molecule has 1 unspecified atom stereocenters. The smallest absolute Gasteiger partial charge is 0.211 e. The molecule has 6 nitrogen and oxygen atoms in total. The van der Waals surface area contributed by atoms with Crippen LogP contribution >= 0.6 is 0 Å². The average molecular weight is 301 g/mol. The van der Waals surface area contributed by atoms with E-state index in [0.717, 1.165) is 12.5 Å². The van der Waals surface area contributed by atoms with Crippen LogP contribution in [0.25, 0.3) is 0 Å². The molecule has 0 aliphatic carbocycles. The van der Waals surface area contributed by atoms with Gasteiger partial charge >= 0.3 is 0 Å². The Morgan fingerprint density at radius 1 is 1.11 bits per heavy atom. The van der Waals surface area contributed by atoms with Gasteiger partial charge < -0.3 is 4.74 Å². The zero-order valence-corrected chi connectivity index (χ0v) is 13.2. The van der Waals surface area contributed by atoms with Gasteiger partial charge in [0.05, 0.1) is 24.2 Å². The summed E-state index contributed by atoms with van der Waals surface area (Å²) in [5.74, 6) is -0.0119. The Balaban J connectivity index is 4.59. The second-order valence-corrected chi connectivity index (χ2v) is 9.12. The predicted octanol–water partition coefficient (Wildman–Crippen LogP) is 0.106. The first-order chi connectivity index (χ1) is 7.92. The summed E-state index contributed by atoms with van der Waals surface area (Å²) >= 11 is 0. The Labute approximate surface area is 110 Å². The Hall–Kier alpha value is -0.180. The molecule has 0 spiro atoms. The summed E-state index contributed by atoms with van der Waals surface area (Å²) < 4.78 is 51.6. The minimum atomic E-state index is -3.28. The van der Waals surface area contributed by atoms with Crippen molar-refractivity contribution in [3.8, 4) is 0 Å². The van der Waals surface area contributed by atoms with Crippen LogP contribution in [0.4, 0.5) is 0 Å². The number of sulfone groups is 1. The third-order valence-electron chi connectivity index (χ3n) is 2.30. The van der Waals surface area contributed by atoms with Gasteiger partial charge in [-0.3, -0.25) is 0 Å². The fourth-order valence-corrected chi connectivity index (χ4v) is 2.48. The van der Waals surface area contributed by atoms with Gasteiger partial charge in [-0.1, -0.05) is 0 Å². The van der Waals surface area contributed by atoms with Crippen LogP contribution in [0.15, 0.2) is 0 Å². The van der Waals surface area contributed by atoms with E-state index in [4.69, 9.17) is 4.74 Å². The van der Waals surface area contributed by atoms with Crippen molar-refractivity contribution in [2.45, 2.75) is 32.5 Å². The predicted molar refractivity (Wildman–Crippen MR) is 71.8 cm³/mol. The number of nitrogens with zero attached hydrogens (tertiary/aromatic N) is 1. The van der Waals surface area contributed by atoms with Crippen LogP contribution in [0.2, 0.25) is 0 Å². The van der Waals surface area contributed by atoms with E-state index in [0.29, 0.717) is 0 Å². The van der Waals surface area contributed by atoms with E-state index in [1.54, 1.807) is 0 Å². The van der Waals surface area contributed by atoms with Gasteiger partial charge in [0.2, 0.25) is 10.0 Å². The Bertz CT molecular complexity index is 441. The Morgan fingerprint density at radius 2 is 1.61 bits per heavy atom. The molecular formula is C10H23NO5S2. The van der Waals surface area contributed by atoms with E-state index in [-0.39, 0.29) is 24.8 Å². The van der Waals surface area contributed by atoms with Crippen LogP contribution in [0.1, 0.15) is 20.3 Å². The van der Waals surface area contributed by atoms with E-state index in [1.807, 2.05) is 13.8 Å². The summed E-state index contributed by atoms with van der Waals surface area (Å²) in [7, 11) is -4.91. The van der Waals surface area contributed by atoms with E-state index >= 15 is 0 Å². The second-order valence-electron chi connectivity index (χ2n) is 4.77. The van der Waals surface area contributed by atoms with Crippen molar-refractivity contribution in [3.05, 3.63) is 0 Å². The lowest BCUT2D eigenvalue weighted by Gasteiger charge is -2.24. The first-order valence-corrected chi connectivity index (χ1v) is 9.57. The molecular weight excluding hydrogens is 278 g/mol. The lowest BCUT2D eigenvalue weighted by molar-refractivity contribution is -0.000397. The fraction of sp³-hybridized carbons (Fsp3) is 1.00. The van der Waals surface area contributed by atoms with Crippen molar-refractivity contribution in [3.63, 3.8) is 0 Å². The van der Waals surface area contributed by atoms with Crippen LogP contribution in [-0.4, -0.2) is 65.2 Å². The van der Waals surface area contributed by atoms with Gasteiger partial charge in [0.15, 0.2) is 0 Å². The normalized spacial score (nSPS) is 15.3. The lowest BCUT2D eigenvalue weighted by atomic mass is 10.2. The molecule has 0 aromatic carbocycles. The SMILES string of the molecule is CC(C)OC(CCS(C)(=O)=O)CN(C)S(C)(=O)=O. The summed E-state index contributed by atoms with van der Waals surface area (Å²) in [4.78, 5) is 0. The number of hydrogen-bond acceptors (Lipinski definition) is 5. The zero-order valence-electron chi connectivity index (χ0n) is 11.6. The second kappa shape index (κ2) is 6.83. The molecule has 0 rings (SSSR count). The molecule has 0 aromatic rings. The van der Waals surface area contributed by atoms with E-state index in [9.17, 15) is 16.8 Å². The number of ether oxygens (including phenoxy) is 1. The number of sulfonamides is 1. The monoisotopic (exact) mass is 301 g/mol. The third kappa shape index (κ3) is 8.84. The van der Waals surface area contributed by atoms with Crippen LogP contribution in [0, 0.1) is 0 Å². The highest BCUT2D eigenvalue weighted by molar-refractivity contribution is 7.90. The molecule has 1 atom stereocenters. The van der Waals surface area contributed by atoms with Gasteiger partial charge in [-0.25, -0.2) is 21.1 Å². The van der Waals surface area contributed by atoms with Gasteiger partial charge in [0.25, 0.3) is 0 Å². The summed E-state index contributed by atoms with van der Waals surface area (Å²) in [5, 5.41) is 0. The number of hydrogen-bond donors (Lipinski definition) is 0. The topological polar surface area (TPSA) is 80.8 Å². The lowest BCUT2D eigenvalue weighted by Crippen LogP contribution is -2.37. The highest BCUT2D eigenvalue weighted by atomic mass is 32.2. The molecule has 0 radical (unpaired) electrons. The molecule has 8 heteroatoms. The highest BCUT2D eigenvalue weighted by Gasteiger charge is 2.20. The standard InChI is InChI=1S/C10H23NO5S2/c1-9(2)16-10(6-7-17(4,12)13)8-11(3)18(5,14)15/h9-10H,6-8H2,1-5H3. The van der Waals surface area contributed by atoms with E-state index in [2.05, 4.69) is 0 Å². The van der Waals surface area contributed by atoms with Crippen molar-refractivity contribution in [1.82, 2.24) is 4.31 Å². The Kier molecular flexibility index (Phi) is 6.77. The molecule has 0 aromatic heterocycles. The van der Waals surface area contributed by atoms with Crippen LogP contribution in [-0.2, 0) is 24.6 Å². The molecule has 18 heavy (non-hydrogen) atoms. The van der Waals surface area contributed by atoms with Gasteiger partial charge in [0, 0.05) is 19.8 Å². The van der Waals surface area contributed by atoms with Gasteiger partial charge in [-0.15, -0.1) is 0 Å². The largest absolute Gasteiger partial charge is 0.374 e. The summed E-state index contributed by atoms with van der Waals surface area (Å²) in [6.45, 7) is 3.81. The van der Waals surface area contributed by atoms with Crippen molar-refractivity contribution in [2.75, 3.05) is 31.9 Å². The Morgan fingerprint density at radius 3 is 1.94 bits per heavy atom. The average Bonchev–Trinajstić information content (AvgIpc) is 2.10. The van der Waals surface area contributed by atoms with Crippen LogP contribution in [0.3, 0.4) is 0 Å². The van der Waals surface area contributed by atoms with Crippen molar-refractivity contribution < 1.29 is 21.6 Å². The van der Waals surface area contributed by atoms with Crippen molar-refractivity contribution in [2.24, 2.45) is 0 Å². The van der Waals surface area contributed by atoms with Gasteiger partial charge in [-0.05, 0) is 20.3 Å². The first-order valence-electron chi connectivity index (χ1n) is 5.66. The van der Waals surface area contributed by atoms with Crippen molar-refractivity contribution >= 4 is 19.9 Å². The molecule has 0 heterocycles. The maximum absolute atomic E-state index is 11.3. The molecule has 0 fully saturated rings. The van der Waals surface area contributed by atoms with Gasteiger partial charge in [0.1, 0.15) is 9.84 Å². The van der Waals surface area contributed by atoms with Gasteiger partial charge in [-0.2, -0.15) is 0 Å².